The van der Waals surface area contributed by atoms with Gasteiger partial charge in [-0.3, -0.25) is 0 Å². The minimum atomic E-state index is 0.948. The number of hydrogen-bond acceptors (Lipinski definition) is 5. The van der Waals surface area contributed by atoms with Crippen molar-refractivity contribution < 1.29 is 0 Å². The lowest BCUT2D eigenvalue weighted by atomic mass is 10.2. The lowest BCUT2D eigenvalue weighted by molar-refractivity contribution is 0.271. The number of benzene rings is 1. The molecular formula is C18H23N5S. The molecule has 0 atom stereocenters. The van der Waals surface area contributed by atoms with Crippen molar-refractivity contribution in [1.82, 2.24) is 19.7 Å². The van der Waals surface area contributed by atoms with Crippen molar-refractivity contribution >= 4 is 27.2 Å². The summed E-state index contributed by atoms with van der Waals surface area (Å²) < 4.78 is 3.17. The molecule has 3 aromatic rings. The average Bonchev–Trinajstić information content (AvgIpc) is 3.16. The maximum Gasteiger partial charge on any atom is 0.211 e. The molecule has 0 N–H and O–H groups in total. The molecule has 0 unspecified atom stereocenters. The van der Waals surface area contributed by atoms with Crippen LogP contribution in [0.3, 0.4) is 0 Å². The van der Waals surface area contributed by atoms with Crippen molar-refractivity contribution in [2.75, 3.05) is 37.6 Å². The Bertz CT molecular complexity index is 858. The van der Waals surface area contributed by atoms with Gasteiger partial charge >= 0.3 is 0 Å². The van der Waals surface area contributed by atoms with E-state index in [9.17, 15) is 0 Å². The van der Waals surface area contributed by atoms with Crippen molar-refractivity contribution in [2.24, 2.45) is 0 Å². The van der Waals surface area contributed by atoms with Gasteiger partial charge in [0, 0.05) is 37.6 Å². The van der Waals surface area contributed by atoms with Crippen LogP contribution in [0, 0.1) is 13.8 Å². The number of thiazole rings is 1. The molecule has 1 aromatic carbocycles. The summed E-state index contributed by atoms with van der Waals surface area (Å²) in [5, 5.41) is 5.50. The number of aryl methyl sites for hydroxylation is 2. The van der Waals surface area contributed by atoms with E-state index < -0.39 is 0 Å². The Labute approximate surface area is 146 Å². The van der Waals surface area contributed by atoms with Gasteiger partial charge in [0.05, 0.1) is 15.9 Å². The Morgan fingerprint density at radius 2 is 1.88 bits per heavy atom. The van der Waals surface area contributed by atoms with Crippen LogP contribution in [0.25, 0.3) is 15.3 Å². The van der Waals surface area contributed by atoms with E-state index in [0.29, 0.717) is 0 Å². The molecule has 24 heavy (non-hydrogen) atoms. The molecule has 1 saturated heterocycles. The van der Waals surface area contributed by atoms with Gasteiger partial charge in [-0.15, -0.1) is 0 Å². The fourth-order valence-corrected chi connectivity index (χ4v) is 4.34. The monoisotopic (exact) mass is 341 g/mol. The minimum Gasteiger partial charge on any atom is -0.369 e. The van der Waals surface area contributed by atoms with E-state index >= 15 is 0 Å². The van der Waals surface area contributed by atoms with Crippen molar-refractivity contribution in [3.05, 3.63) is 35.7 Å². The van der Waals surface area contributed by atoms with E-state index in [0.717, 1.165) is 54.8 Å². The number of fused-ring (bicyclic) bond motifs is 1. The molecule has 2 aromatic heterocycles. The Morgan fingerprint density at radius 3 is 2.54 bits per heavy atom. The van der Waals surface area contributed by atoms with Gasteiger partial charge in [0.25, 0.3) is 0 Å². The zero-order valence-electron chi connectivity index (χ0n) is 14.5. The molecule has 3 heterocycles. The van der Waals surface area contributed by atoms with E-state index in [4.69, 9.17) is 4.98 Å². The van der Waals surface area contributed by atoms with Gasteiger partial charge in [-0.1, -0.05) is 18.3 Å². The maximum atomic E-state index is 4.76. The Morgan fingerprint density at radius 1 is 1.08 bits per heavy atom. The molecule has 126 valence electrons. The second-order valence-electron chi connectivity index (χ2n) is 6.41. The van der Waals surface area contributed by atoms with Crippen LogP contribution in [-0.2, 0) is 0 Å². The molecule has 0 saturated carbocycles. The topological polar surface area (TPSA) is 37.2 Å². The smallest absolute Gasteiger partial charge is 0.211 e. The lowest BCUT2D eigenvalue weighted by Gasteiger charge is -2.35. The normalized spacial score (nSPS) is 16.2. The number of aromatic nitrogens is 3. The first-order valence-corrected chi connectivity index (χ1v) is 9.37. The molecule has 1 aliphatic heterocycles. The van der Waals surface area contributed by atoms with E-state index in [1.54, 1.807) is 11.3 Å². The summed E-state index contributed by atoms with van der Waals surface area (Å²) in [6, 6.07) is 8.71. The van der Waals surface area contributed by atoms with Crippen LogP contribution in [0.15, 0.2) is 24.3 Å². The van der Waals surface area contributed by atoms with E-state index in [2.05, 4.69) is 53.0 Å². The van der Waals surface area contributed by atoms with Gasteiger partial charge in [0.15, 0.2) is 0 Å². The van der Waals surface area contributed by atoms with Crippen LogP contribution in [0.4, 0.5) is 5.69 Å². The second-order valence-corrected chi connectivity index (χ2v) is 7.42. The summed E-state index contributed by atoms with van der Waals surface area (Å²) in [7, 11) is 0. The molecule has 1 aliphatic rings. The molecule has 0 aliphatic carbocycles. The van der Waals surface area contributed by atoms with Crippen LogP contribution in [0.1, 0.15) is 18.3 Å². The third-order valence-electron chi connectivity index (χ3n) is 4.74. The molecule has 6 heteroatoms. The van der Waals surface area contributed by atoms with Crippen molar-refractivity contribution in [3.63, 3.8) is 0 Å². The first-order valence-electron chi connectivity index (χ1n) is 8.55. The number of nitrogens with zero attached hydrogens (tertiary/aromatic N) is 5. The fourth-order valence-electron chi connectivity index (χ4n) is 3.33. The zero-order valence-corrected chi connectivity index (χ0v) is 15.3. The number of rotatable bonds is 3. The van der Waals surface area contributed by atoms with Crippen molar-refractivity contribution in [1.29, 1.82) is 0 Å². The third kappa shape index (κ3) is 2.80. The molecule has 0 spiro atoms. The van der Waals surface area contributed by atoms with Crippen LogP contribution >= 0.6 is 11.3 Å². The molecule has 4 rings (SSSR count). The summed E-state index contributed by atoms with van der Waals surface area (Å²) >= 11 is 1.71. The zero-order chi connectivity index (χ0) is 16.7. The molecule has 0 bridgehead atoms. The molecule has 1 fully saturated rings. The van der Waals surface area contributed by atoms with Gasteiger partial charge in [-0.05, 0) is 44.7 Å². The molecule has 5 nitrogen and oxygen atoms in total. The Hall–Kier alpha value is -1.92. The van der Waals surface area contributed by atoms with Gasteiger partial charge < -0.3 is 9.80 Å². The highest BCUT2D eigenvalue weighted by molar-refractivity contribution is 7.20. The quantitative estimate of drug-likeness (QED) is 0.733. The first-order chi connectivity index (χ1) is 11.6. The standard InChI is InChI=1S/C18H23N5S/c1-4-21-7-9-22(10-8-21)15-5-6-16-17(12-15)24-18(19-16)23-14(3)11-13(2)20-23/h5-6,11-12H,4,7-10H2,1-3H3. The largest absolute Gasteiger partial charge is 0.369 e. The Kier molecular flexibility index (Phi) is 4.02. The number of hydrogen-bond donors (Lipinski definition) is 0. The highest BCUT2D eigenvalue weighted by Crippen LogP contribution is 2.29. The summed E-state index contributed by atoms with van der Waals surface area (Å²) in [4.78, 5) is 9.74. The fraction of sp³-hybridized carbons (Fsp3) is 0.444. The minimum absolute atomic E-state index is 0.948. The Balaban J connectivity index is 1.63. The van der Waals surface area contributed by atoms with Gasteiger partial charge in [-0.25, -0.2) is 9.67 Å². The SMILES string of the molecule is CCN1CCN(c2ccc3nc(-n4nc(C)cc4C)sc3c2)CC1. The van der Waals surface area contributed by atoms with Crippen LogP contribution < -0.4 is 4.90 Å². The van der Waals surface area contributed by atoms with Crippen LogP contribution in [0.2, 0.25) is 0 Å². The van der Waals surface area contributed by atoms with Gasteiger partial charge in [0.2, 0.25) is 5.13 Å². The molecule has 0 amide bonds. The maximum absolute atomic E-state index is 4.76. The highest BCUT2D eigenvalue weighted by Gasteiger charge is 2.17. The summed E-state index contributed by atoms with van der Waals surface area (Å²) in [6.45, 7) is 12.0. The van der Waals surface area contributed by atoms with Crippen LogP contribution in [-0.4, -0.2) is 52.4 Å². The summed E-state index contributed by atoms with van der Waals surface area (Å²) in [5.41, 5.74) is 4.52. The third-order valence-corrected chi connectivity index (χ3v) is 5.73. The van der Waals surface area contributed by atoms with E-state index in [1.807, 2.05) is 11.6 Å². The van der Waals surface area contributed by atoms with Crippen molar-refractivity contribution in [3.8, 4) is 5.13 Å². The van der Waals surface area contributed by atoms with E-state index in [1.165, 1.54) is 10.4 Å². The van der Waals surface area contributed by atoms with E-state index in [-0.39, 0.29) is 0 Å². The molecule has 0 radical (unpaired) electrons. The van der Waals surface area contributed by atoms with Gasteiger partial charge in [0.1, 0.15) is 0 Å². The lowest BCUT2D eigenvalue weighted by Crippen LogP contribution is -2.46. The predicted molar refractivity (Wildman–Crippen MR) is 101 cm³/mol. The first kappa shape index (κ1) is 15.6. The number of anilines is 1. The highest BCUT2D eigenvalue weighted by atomic mass is 32.1. The predicted octanol–water partition coefficient (Wildman–Crippen LogP) is 3.24. The van der Waals surface area contributed by atoms with Gasteiger partial charge in [-0.2, -0.15) is 5.10 Å². The number of piperazine rings is 1. The second kappa shape index (κ2) is 6.18. The average molecular weight is 341 g/mol. The van der Waals surface area contributed by atoms with Crippen molar-refractivity contribution in [2.45, 2.75) is 20.8 Å². The number of likely N-dealkylation sites (N-methyl/N-ethyl adjacent to an activating group) is 1. The summed E-state index contributed by atoms with van der Waals surface area (Å²) in [5.74, 6) is 0. The summed E-state index contributed by atoms with van der Waals surface area (Å²) in [6.07, 6.45) is 0. The molecular weight excluding hydrogens is 318 g/mol. The van der Waals surface area contributed by atoms with Crippen LogP contribution in [0.5, 0.6) is 0 Å².